The second kappa shape index (κ2) is 7.78. The van der Waals surface area contributed by atoms with Gasteiger partial charge in [0.2, 0.25) is 0 Å². The largest absolute Gasteiger partial charge is 0.496 e. The van der Waals surface area contributed by atoms with Crippen molar-refractivity contribution in [2.24, 2.45) is 5.73 Å². The third kappa shape index (κ3) is 4.43. The van der Waals surface area contributed by atoms with Crippen LogP contribution in [0.4, 0.5) is 0 Å². The fourth-order valence-electron chi connectivity index (χ4n) is 2.93. The number of likely N-dealkylation sites (N-methyl/N-ethyl adjacent to an activating group) is 1. The first kappa shape index (κ1) is 16.3. The first-order chi connectivity index (χ1) is 10.1. The van der Waals surface area contributed by atoms with E-state index in [0.717, 1.165) is 37.6 Å². The van der Waals surface area contributed by atoms with Crippen LogP contribution in [0.3, 0.4) is 0 Å². The van der Waals surface area contributed by atoms with Gasteiger partial charge in [0.15, 0.2) is 0 Å². The molecule has 0 amide bonds. The zero-order valence-electron chi connectivity index (χ0n) is 13.5. The predicted molar refractivity (Wildman–Crippen MR) is 85.7 cm³/mol. The molecule has 2 rings (SSSR count). The number of hydrogen-bond donors (Lipinski definition) is 1. The summed E-state index contributed by atoms with van der Waals surface area (Å²) in [5.74, 6) is 0.876. The minimum absolute atomic E-state index is 0.0406. The molecule has 2 atom stereocenters. The third-order valence-electron chi connectivity index (χ3n) is 4.17. The highest BCUT2D eigenvalue weighted by molar-refractivity contribution is 5.39. The SMILES string of the molecule is CCN(CC1CCCO1)CC(N)c1cc(C)ccc1OC. The van der Waals surface area contributed by atoms with Crippen molar-refractivity contribution in [3.05, 3.63) is 29.3 Å². The van der Waals surface area contributed by atoms with Crippen molar-refractivity contribution in [3.63, 3.8) is 0 Å². The van der Waals surface area contributed by atoms with Crippen LogP contribution in [0.15, 0.2) is 18.2 Å². The normalized spacial score (nSPS) is 20.0. The van der Waals surface area contributed by atoms with Gasteiger partial charge in [0, 0.05) is 31.3 Å². The molecule has 0 aromatic heterocycles. The van der Waals surface area contributed by atoms with Crippen molar-refractivity contribution >= 4 is 0 Å². The number of hydrogen-bond acceptors (Lipinski definition) is 4. The van der Waals surface area contributed by atoms with Gasteiger partial charge in [-0.15, -0.1) is 0 Å². The molecule has 0 radical (unpaired) electrons. The number of methoxy groups -OCH3 is 1. The summed E-state index contributed by atoms with van der Waals surface area (Å²) in [6, 6.07) is 6.14. The van der Waals surface area contributed by atoms with Crippen LogP contribution in [0.25, 0.3) is 0 Å². The summed E-state index contributed by atoms with van der Waals surface area (Å²) in [7, 11) is 1.70. The lowest BCUT2D eigenvalue weighted by molar-refractivity contribution is 0.0728. The Kier molecular flexibility index (Phi) is 6.03. The minimum Gasteiger partial charge on any atom is -0.496 e. The lowest BCUT2D eigenvalue weighted by atomic mass is 10.0. The van der Waals surface area contributed by atoms with Gasteiger partial charge in [-0.25, -0.2) is 0 Å². The molecule has 0 saturated carbocycles. The van der Waals surface area contributed by atoms with Crippen LogP contribution in [0.2, 0.25) is 0 Å². The summed E-state index contributed by atoms with van der Waals surface area (Å²) in [5, 5.41) is 0. The van der Waals surface area contributed by atoms with E-state index in [2.05, 4.69) is 30.9 Å². The molecule has 0 bridgehead atoms. The predicted octanol–water partition coefficient (Wildman–Crippen LogP) is 2.50. The highest BCUT2D eigenvalue weighted by Crippen LogP contribution is 2.26. The molecule has 4 heteroatoms. The first-order valence-corrected chi connectivity index (χ1v) is 7.88. The van der Waals surface area contributed by atoms with E-state index >= 15 is 0 Å². The van der Waals surface area contributed by atoms with Crippen molar-refractivity contribution in [2.75, 3.05) is 33.4 Å². The van der Waals surface area contributed by atoms with E-state index in [4.69, 9.17) is 15.2 Å². The summed E-state index contributed by atoms with van der Waals surface area (Å²) in [4.78, 5) is 2.38. The van der Waals surface area contributed by atoms with Gasteiger partial charge in [-0.3, -0.25) is 4.90 Å². The number of rotatable bonds is 7. The molecule has 2 N–H and O–H groups in total. The summed E-state index contributed by atoms with van der Waals surface area (Å²) in [6.07, 6.45) is 2.72. The zero-order valence-corrected chi connectivity index (χ0v) is 13.5. The van der Waals surface area contributed by atoms with Gasteiger partial charge < -0.3 is 15.2 Å². The van der Waals surface area contributed by atoms with Crippen molar-refractivity contribution in [2.45, 2.75) is 38.8 Å². The fourth-order valence-corrected chi connectivity index (χ4v) is 2.93. The van der Waals surface area contributed by atoms with E-state index in [-0.39, 0.29) is 6.04 Å². The number of nitrogens with two attached hydrogens (primary N) is 1. The van der Waals surface area contributed by atoms with Crippen LogP contribution >= 0.6 is 0 Å². The Labute approximate surface area is 128 Å². The average molecular weight is 292 g/mol. The summed E-state index contributed by atoms with van der Waals surface area (Å²) >= 11 is 0. The van der Waals surface area contributed by atoms with Crippen LogP contribution in [0.1, 0.15) is 36.9 Å². The molecule has 0 spiro atoms. The molecule has 1 aromatic rings. The van der Waals surface area contributed by atoms with Gasteiger partial charge in [-0.05, 0) is 32.4 Å². The van der Waals surface area contributed by atoms with E-state index in [9.17, 15) is 0 Å². The molecule has 118 valence electrons. The molecule has 0 aliphatic carbocycles. The Bertz CT molecular complexity index is 444. The summed E-state index contributed by atoms with van der Waals surface area (Å²) < 4.78 is 11.2. The molecule has 21 heavy (non-hydrogen) atoms. The highest BCUT2D eigenvalue weighted by Gasteiger charge is 2.21. The Balaban J connectivity index is 2.01. The van der Waals surface area contributed by atoms with Crippen molar-refractivity contribution in [1.82, 2.24) is 4.90 Å². The van der Waals surface area contributed by atoms with Gasteiger partial charge in [-0.2, -0.15) is 0 Å². The van der Waals surface area contributed by atoms with Crippen LogP contribution < -0.4 is 10.5 Å². The van der Waals surface area contributed by atoms with Crippen LogP contribution in [0, 0.1) is 6.92 Å². The Hall–Kier alpha value is -1.10. The number of ether oxygens (including phenoxy) is 2. The molecule has 1 aliphatic heterocycles. The molecule has 1 saturated heterocycles. The van der Waals surface area contributed by atoms with Gasteiger partial charge in [-0.1, -0.05) is 24.6 Å². The maximum absolute atomic E-state index is 6.43. The van der Waals surface area contributed by atoms with Gasteiger partial charge in [0.25, 0.3) is 0 Å². The Morgan fingerprint density at radius 2 is 2.29 bits per heavy atom. The lowest BCUT2D eigenvalue weighted by Gasteiger charge is -2.27. The van der Waals surface area contributed by atoms with E-state index in [1.165, 1.54) is 18.4 Å². The topological polar surface area (TPSA) is 47.7 Å². The van der Waals surface area contributed by atoms with Crippen molar-refractivity contribution < 1.29 is 9.47 Å². The summed E-state index contributed by atoms with van der Waals surface area (Å²) in [6.45, 7) is 7.95. The molecule has 1 fully saturated rings. The van der Waals surface area contributed by atoms with Gasteiger partial charge >= 0.3 is 0 Å². The van der Waals surface area contributed by atoms with Crippen molar-refractivity contribution in [3.8, 4) is 5.75 Å². The standard InChI is InChI=1S/C17H28N2O2/c1-4-19(11-14-6-5-9-21-14)12-16(18)15-10-13(2)7-8-17(15)20-3/h7-8,10,14,16H,4-6,9,11-12,18H2,1-3H3. The van der Waals surface area contributed by atoms with E-state index in [0.29, 0.717) is 6.10 Å². The van der Waals surface area contributed by atoms with Crippen LogP contribution in [0.5, 0.6) is 5.75 Å². The van der Waals surface area contributed by atoms with Crippen LogP contribution in [-0.2, 0) is 4.74 Å². The number of nitrogens with zero attached hydrogens (tertiary/aromatic N) is 1. The first-order valence-electron chi connectivity index (χ1n) is 7.88. The molecule has 1 heterocycles. The lowest BCUT2D eigenvalue weighted by Crippen LogP contribution is -2.37. The fraction of sp³-hybridized carbons (Fsp3) is 0.647. The molecular formula is C17H28N2O2. The average Bonchev–Trinajstić information content (AvgIpc) is 2.99. The summed E-state index contributed by atoms with van der Waals surface area (Å²) in [5.41, 5.74) is 8.73. The van der Waals surface area contributed by atoms with E-state index in [1.807, 2.05) is 6.07 Å². The maximum Gasteiger partial charge on any atom is 0.123 e. The quantitative estimate of drug-likeness (QED) is 0.839. The highest BCUT2D eigenvalue weighted by atomic mass is 16.5. The Morgan fingerprint density at radius 3 is 2.90 bits per heavy atom. The molecule has 1 aromatic carbocycles. The van der Waals surface area contributed by atoms with Crippen molar-refractivity contribution in [1.29, 1.82) is 0 Å². The molecule has 1 aliphatic rings. The Morgan fingerprint density at radius 1 is 1.48 bits per heavy atom. The molecule has 2 unspecified atom stereocenters. The zero-order chi connectivity index (χ0) is 15.2. The smallest absolute Gasteiger partial charge is 0.123 e. The molecule has 4 nitrogen and oxygen atoms in total. The maximum atomic E-state index is 6.43. The number of benzene rings is 1. The minimum atomic E-state index is -0.0406. The number of aryl methyl sites for hydroxylation is 1. The van der Waals surface area contributed by atoms with E-state index in [1.54, 1.807) is 7.11 Å². The third-order valence-corrected chi connectivity index (χ3v) is 4.17. The second-order valence-corrected chi connectivity index (χ2v) is 5.84. The van der Waals surface area contributed by atoms with Gasteiger partial charge in [0.1, 0.15) is 5.75 Å². The van der Waals surface area contributed by atoms with E-state index < -0.39 is 0 Å². The van der Waals surface area contributed by atoms with Gasteiger partial charge in [0.05, 0.1) is 13.2 Å². The van der Waals surface area contributed by atoms with Crippen LogP contribution in [-0.4, -0.2) is 44.4 Å². The second-order valence-electron chi connectivity index (χ2n) is 5.84. The molecular weight excluding hydrogens is 264 g/mol. The monoisotopic (exact) mass is 292 g/mol.